The van der Waals surface area contributed by atoms with Crippen LogP contribution in [0.25, 0.3) is 0 Å². The Morgan fingerprint density at radius 1 is 1.38 bits per heavy atom. The number of ether oxygens (including phenoxy) is 2. The summed E-state index contributed by atoms with van der Waals surface area (Å²) in [5.74, 6) is 4.38. The Labute approximate surface area is 193 Å². The summed E-state index contributed by atoms with van der Waals surface area (Å²) in [4.78, 5) is 20.6. The number of anilines is 2. The highest BCUT2D eigenvalue weighted by Crippen LogP contribution is 2.31. The number of hydrogen-bond donors (Lipinski definition) is 2. The van der Waals surface area contributed by atoms with Crippen molar-refractivity contribution in [3.8, 4) is 11.2 Å². The lowest BCUT2D eigenvalue weighted by Crippen LogP contribution is -2.26. The second kappa shape index (κ2) is 11.3. The fourth-order valence-electron chi connectivity index (χ4n) is 2.97. The predicted octanol–water partition coefficient (Wildman–Crippen LogP) is 5.49. The van der Waals surface area contributed by atoms with Crippen molar-refractivity contribution in [2.45, 2.75) is 58.6 Å². The smallest absolute Gasteiger partial charge is 0.434 e. The van der Waals surface area contributed by atoms with E-state index >= 15 is 0 Å². The lowest BCUT2D eigenvalue weighted by Gasteiger charge is -2.20. The summed E-state index contributed by atoms with van der Waals surface area (Å²) in [7, 11) is 1.38. The monoisotopic (exact) mass is 552 g/mol. The summed E-state index contributed by atoms with van der Waals surface area (Å²) in [5, 5.41) is 9.79. The molecule has 10 heteroatoms. The molecule has 7 nitrogen and oxygen atoms in total. The fraction of sp³-hybridized carbons (Fsp3) is 0.632. The van der Waals surface area contributed by atoms with Crippen molar-refractivity contribution >= 4 is 59.7 Å². The SMILES string of the molecule is CCNc1nc(Cl)c(C#CSI)c(NC2CCC(COC(=O)OC(C)(C)C)C2)n1. The van der Waals surface area contributed by atoms with Crippen LogP contribution in [-0.2, 0) is 9.47 Å². The summed E-state index contributed by atoms with van der Waals surface area (Å²) in [6.45, 7) is 8.45. The van der Waals surface area contributed by atoms with Gasteiger partial charge in [-0.05, 0) is 73.0 Å². The van der Waals surface area contributed by atoms with Gasteiger partial charge in [0.25, 0.3) is 0 Å². The maximum atomic E-state index is 11.8. The number of carbonyl (C=O) groups is 1. The van der Waals surface area contributed by atoms with Crippen LogP contribution in [0.3, 0.4) is 0 Å². The first-order valence-electron chi connectivity index (χ1n) is 9.44. The molecule has 160 valence electrons. The summed E-state index contributed by atoms with van der Waals surface area (Å²) in [6, 6.07) is 0.190. The Hall–Kier alpha value is -1.12. The Morgan fingerprint density at radius 3 is 2.79 bits per heavy atom. The van der Waals surface area contributed by atoms with E-state index in [1.807, 2.05) is 27.7 Å². The van der Waals surface area contributed by atoms with E-state index in [1.165, 1.54) is 8.93 Å². The molecule has 1 aliphatic carbocycles. The lowest BCUT2D eigenvalue weighted by atomic mass is 10.1. The summed E-state index contributed by atoms with van der Waals surface area (Å²) in [6.07, 6.45) is 2.12. The average molecular weight is 553 g/mol. The average Bonchev–Trinajstić information content (AvgIpc) is 3.06. The van der Waals surface area contributed by atoms with Gasteiger partial charge in [-0.25, -0.2) is 4.79 Å². The van der Waals surface area contributed by atoms with Crippen LogP contribution < -0.4 is 10.6 Å². The standard InChI is InChI=1S/C19H26ClIN4O3S/c1-5-22-17-24-15(20)14(8-9-29-21)16(25-17)23-13-7-6-12(10-13)11-27-18(26)28-19(2,3)4/h12-13H,5-7,10-11H2,1-4H3,(H2,22,23,24,25). The number of hydrogen-bond acceptors (Lipinski definition) is 8. The van der Waals surface area contributed by atoms with Gasteiger partial charge in [-0.3, -0.25) is 0 Å². The molecule has 0 saturated heterocycles. The first kappa shape index (κ1) is 24.2. The van der Waals surface area contributed by atoms with Crippen LogP contribution in [0.5, 0.6) is 0 Å². The van der Waals surface area contributed by atoms with Gasteiger partial charge in [0.15, 0.2) is 5.15 Å². The van der Waals surface area contributed by atoms with Gasteiger partial charge >= 0.3 is 6.16 Å². The Morgan fingerprint density at radius 2 is 2.14 bits per heavy atom. The van der Waals surface area contributed by atoms with E-state index in [0.29, 0.717) is 35.6 Å². The molecule has 2 N–H and O–H groups in total. The highest BCUT2D eigenvalue weighted by Gasteiger charge is 2.28. The third kappa shape index (κ3) is 8.26. The van der Waals surface area contributed by atoms with Gasteiger partial charge in [-0.15, -0.1) is 0 Å². The highest BCUT2D eigenvalue weighted by molar-refractivity contribution is 14.2. The molecule has 1 aromatic rings. The zero-order valence-electron chi connectivity index (χ0n) is 17.0. The van der Waals surface area contributed by atoms with Crippen molar-refractivity contribution in [3.63, 3.8) is 0 Å². The second-order valence-corrected chi connectivity index (χ2v) is 9.73. The van der Waals surface area contributed by atoms with E-state index in [-0.39, 0.29) is 12.0 Å². The molecule has 2 atom stereocenters. The molecule has 2 unspecified atom stereocenters. The van der Waals surface area contributed by atoms with Crippen LogP contribution in [-0.4, -0.2) is 40.9 Å². The molecule has 1 saturated carbocycles. The Bertz CT molecular complexity index is 779. The quantitative estimate of drug-likeness (QED) is 0.208. The molecular weight excluding hydrogens is 527 g/mol. The van der Waals surface area contributed by atoms with Gasteiger partial charge in [-0.2, -0.15) is 9.97 Å². The van der Waals surface area contributed by atoms with E-state index in [1.54, 1.807) is 0 Å². The largest absolute Gasteiger partial charge is 0.508 e. The third-order valence-electron chi connectivity index (χ3n) is 4.12. The van der Waals surface area contributed by atoms with Crippen molar-refractivity contribution < 1.29 is 14.3 Å². The number of nitrogens with one attached hydrogen (secondary N) is 2. The topological polar surface area (TPSA) is 85.4 Å². The van der Waals surface area contributed by atoms with Gasteiger partial charge in [0.05, 0.1) is 6.61 Å². The molecule has 1 aromatic heterocycles. The third-order valence-corrected chi connectivity index (χ3v) is 5.24. The number of halogens is 2. The molecule has 0 amide bonds. The fourth-order valence-corrected chi connectivity index (χ4v) is 3.66. The summed E-state index contributed by atoms with van der Waals surface area (Å²) >= 11 is 8.45. The van der Waals surface area contributed by atoms with Gasteiger partial charge in [-0.1, -0.05) is 11.6 Å². The van der Waals surface area contributed by atoms with Crippen molar-refractivity contribution in [3.05, 3.63) is 10.7 Å². The van der Waals surface area contributed by atoms with E-state index < -0.39 is 11.8 Å². The summed E-state index contributed by atoms with van der Waals surface area (Å²) < 4.78 is 10.5. The first-order chi connectivity index (χ1) is 13.7. The van der Waals surface area contributed by atoms with Crippen molar-refractivity contribution in [2.24, 2.45) is 5.92 Å². The molecule has 1 aliphatic rings. The van der Waals surface area contributed by atoms with E-state index in [9.17, 15) is 4.79 Å². The van der Waals surface area contributed by atoms with Crippen LogP contribution in [0, 0.1) is 17.1 Å². The van der Waals surface area contributed by atoms with Gasteiger partial charge in [0, 0.05) is 33.8 Å². The van der Waals surface area contributed by atoms with Crippen molar-refractivity contribution in [1.29, 1.82) is 0 Å². The van der Waals surface area contributed by atoms with Crippen molar-refractivity contribution in [1.82, 2.24) is 9.97 Å². The van der Waals surface area contributed by atoms with Crippen LogP contribution in [0.4, 0.5) is 16.6 Å². The van der Waals surface area contributed by atoms with E-state index in [2.05, 4.69) is 53.0 Å². The Balaban J connectivity index is 2.00. The van der Waals surface area contributed by atoms with Crippen LogP contribution in [0.15, 0.2) is 0 Å². The highest BCUT2D eigenvalue weighted by atomic mass is 127. The van der Waals surface area contributed by atoms with Gasteiger partial charge < -0.3 is 20.1 Å². The molecule has 1 fully saturated rings. The minimum absolute atomic E-state index is 0.190. The molecule has 0 aliphatic heterocycles. The van der Waals surface area contributed by atoms with E-state index in [4.69, 9.17) is 21.1 Å². The molecule has 2 rings (SSSR count). The first-order valence-corrected chi connectivity index (χ1v) is 13.2. The Kier molecular flexibility index (Phi) is 9.43. The molecule has 0 bridgehead atoms. The zero-order chi connectivity index (χ0) is 21.4. The van der Waals surface area contributed by atoms with Gasteiger partial charge in [0.1, 0.15) is 17.0 Å². The van der Waals surface area contributed by atoms with E-state index in [0.717, 1.165) is 19.3 Å². The summed E-state index contributed by atoms with van der Waals surface area (Å²) in [5.41, 5.74) is 0.0343. The normalized spacial score (nSPS) is 18.6. The second-order valence-electron chi connectivity index (χ2n) is 7.69. The maximum Gasteiger partial charge on any atom is 0.508 e. The lowest BCUT2D eigenvalue weighted by molar-refractivity contribution is -0.0128. The minimum Gasteiger partial charge on any atom is -0.434 e. The number of nitrogens with zero attached hydrogens (tertiary/aromatic N) is 2. The number of rotatable bonds is 6. The van der Waals surface area contributed by atoms with Gasteiger partial charge in [0.2, 0.25) is 5.95 Å². The zero-order valence-corrected chi connectivity index (χ0v) is 20.7. The van der Waals surface area contributed by atoms with Crippen molar-refractivity contribution in [2.75, 3.05) is 23.8 Å². The molecule has 0 spiro atoms. The molecule has 29 heavy (non-hydrogen) atoms. The predicted molar refractivity (Wildman–Crippen MR) is 127 cm³/mol. The number of aromatic nitrogens is 2. The van der Waals surface area contributed by atoms with Crippen LogP contribution in [0.1, 0.15) is 52.5 Å². The minimum atomic E-state index is -0.624. The molecule has 0 radical (unpaired) electrons. The molecule has 0 aromatic carbocycles. The molecule has 1 heterocycles. The molecular formula is C19H26ClIN4O3S. The van der Waals surface area contributed by atoms with Crippen LogP contribution >= 0.6 is 41.7 Å². The number of carbonyl (C=O) groups excluding carboxylic acids is 1. The maximum absolute atomic E-state index is 11.8. The van der Waals surface area contributed by atoms with Crippen LogP contribution in [0.2, 0.25) is 5.15 Å².